The average molecular weight is 298 g/mol. The van der Waals surface area contributed by atoms with Gasteiger partial charge in [0.15, 0.2) is 0 Å². The summed E-state index contributed by atoms with van der Waals surface area (Å²) in [6.45, 7) is 6.30. The molecule has 0 unspecified atom stereocenters. The Morgan fingerprint density at radius 1 is 1.29 bits per heavy atom. The van der Waals surface area contributed by atoms with Crippen molar-refractivity contribution in [1.29, 1.82) is 5.41 Å². The number of anilines is 1. The van der Waals surface area contributed by atoms with E-state index in [-0.39, 0.29) is 5.84 Å². The standard InChI is InChI=1S/C13H20BrN3/c1-3-8-17(9-4-2)11-7-5-6-10(14)12(11)13(15)16/h5-7H,3-4,8-9H2,1-2H3,(H3,15,16). The molecule has 1 rings (SSSR count). The van der Waals surface area contributed by atoms with Crippen molar-refractivity contribution in [1.82, 2.24) is 0 Å². The lowest BCUT2D eigenvalue weighted by Crippen LogP contribution is -2.28. The van der Waals surface area contributed by atoms with E-state index in [9.17, 15) is 0 Å². The molecule has 0 atom stereocenters. The maximum absolute atomic E-state index is 7.70. The van der Waals surface area contributed by atoms with Crippen molar-refractivity contribution in [3.05, 3.63) is 28.2 Å². The second-order valence-corrected chi connectivity index (χ2v) is 4.89. The van der Waals surface area contributed by atoms with Gasteiger partial charge in [-0.2, -0.15) is 0 Å². The predicted octanol–water partition coefficient (Wildman–Crippen LogP) is 3.36. The lowest BCUT2D eigenvalue weighted by Gasteiger charge is -2.26. The Kier molecular flexibility index (Phi) is 5.48. The van der Waals surface area contributed by atoms with E-state index in [2.05, 4.69) is 34.7 Å². The zero-order chi connectivity index (χ0) is 12.8. The van der Waals surface area contributed by atoms with E-state index in [1.54, 1.807) is 0 Å². The summed E-state index contributed by atoms with van der Waals surface area (Å²) in [5, 5.41) is 7.70. The smallest absolute Gasteiger partial charge is 0.126 e. The fourth-order valence-electron chi connectivity index (χ4n) is 1.94. The fourth-order valence-corrected chi connectivity index (χ4v) is 2.50. The van der Waals surface area contributed by atoms with Crippen molar-refractivity contribution in [2.45, 2.75) is 26.7 Å². The molecular formula is C13H20BrN3. The van der Waals surface area contributed by atoms with Crippen molar-refractivity contribution >= 4 is 27.5 Å². The number of nitrogens with zero attached hydrogens (tertiary/aromatic N) is 1. The summed E-state index contributed by atoms with van der Waals surface area (Å²) in [6.07, 6.45) is 2.17. The molecule has 0 radical (unpaired) electrons. The molecule has 0 heterocycles. The van der Waals surface area contributed by atoms with Crippen molar-refractivity contribution in [2.75, 3.05) is 18.0 Å². The van der Waals surface area contributed by atoms with Crippen LogP contribution in [0, 0.1) is 5.41 Å². The highest BCUT2D eigenvalue weighted by Crippen LogP contribution is 2.27. The van der Waals surface area contributed by atoms with Crippen molar-refractivity contribution in [2.24, 2.45) is 5.73 Å². The first-order valence-electron chi connectivity index (χ1n) is 5.99. The van der Waals surface area contributed by atoms with Gasteiger partial charge in [-0.05, 0) is 40.9 Å². The summed E-state index contributed by atoms with van der Waals surface area (Å²) in [7, 11) is 0. The van der Waals surface area contributed by atoms with Gasteiger partial charge in [0.2, 0.25) is 0 Å². The fraction of sp³-hybridized carbons (Fsp3) is 0.462. The minimum Gasteiger partial charge on any atom is -0.384 e. The number of nitrogen functional groups attached to an aromatic ring is 1. The van der Waals surface area contributed by atoms with Gasteiger partial charge in [-0.15, -0.1) is 0 Å². The average Bonchev–Trinajstić information content (AvgIpc) is 2.28. The third-order valence-corrected chi connectivity index (χ3v) is 3.25. The predicted molar refractivity (Wildman–Crippen MR) is 78.0 cm³/mol. The molecule has 0 spiro atoms. The van der Waals surface area contributed by atoms with Crippen molar-refractivity contribution < 1.29 is 0 Å². The third kappa shape index (κ3) is 3.46. The molecular weight excluding hydrogens is 278 g/mol. The Bertz CT molecular complexity index is 384. The molecule has 0 bridgehead atoms. The van der Waals surface area contributed by atoms with Crippen LogP contribution in [0.3, 0.4) is 0 Å². The molecule has 0 aliphatic rings. The first-order valence-corrected chi connectivity index (χ1v) is 6.78. The van der Waals surface area contributed by atoms with Crippen LogP contribution in [0.4, 0.5) is 5.69 Å². The molecule has 4 heteroatoms. The molecule has 0 fully saturated rings. The molecule has 0 aliphatic heterocycles. The highest BCUT2D eigenvalue weighted by atomic mass is 79.9. The highest BCUT2D eigenvalue weighted by molar-refractivity contribution is 9.10. The lowest BCUT2D eigenvalue weighted by molar-refractivity contribution is 0.744. The normalized spacial score (nSPS) is 10.3. The molecule has 0 aromatic heterocycles. The molecule has 3 N–H and O–H groups in total. The maximum Gasteiger partial charge on any atom is 0.126 e. The van der Waals surface area contributed by atoms with Gasteiger partial charge in [-0.1, -0.05) is 19.9 Å². The number of hydrogen-bond acceptors (Lipinski definition) is 2. The van der Waals surface area contributed by atoms with Crippen LogP contribution in [-0.4, -0.2) is 18.9 Å². The van der Waals surface area contributed by atoms with E-state index in [4.69, 9.17) is 11.1 Å². The van der Waals surface area contributed by atoms with Crippen LogP contribution in [-0.2, 0) is 0 Å². The largest absolute Gasteiger partial charge is 0.384 e. The van der Waals surface area contributed by atoms with Crippen LogP contribution in [0.2, 0.25) is 0 Å². The minimum absolute atomic E-state index is 0.115. The minimum atomic E-state index is 0.115. The quantitative estimate of drug-likeness (QED) is 0.625. The molecule has 1 aromatic rings. The van der Waals surface area contributed by atoms with Gasteiger partial charge in [0, 0.05) is 23.2 Å². The number of amidine groups is 1. The van der Waals surface area contributed by atoms with E-state index >= 15 is 0 Å². The maximum atomic E-state index is 7.70. The lowest BCUT2D eigenvalue weighted by atomic mass is 10.1. The van der Waals surface area contributed by atoms with Gasteiger partial charge in [0.25, 0.3) is 0 Å². The summed E-state index contributed by atoms with van der Waals surface area (Å²) in [6, 6.07) is 5.95. The summed E-state index contributed by atoms with van der Waals surface area (Å²) in [4.78, 5) is 2.29. The SMILES string of the molecule is CCCN(CCC)c1cccc(Br)c1C(=N)N. The zero-order valence-corrected chi connectivity index (χ0v) is 12.0. The summed E-state index contributed by atoms with van der Waals surface area (Å²) in [5.74, 6) is 0.115. The molecule has 0 saturated carbocycles. The monoisotopic (exact) mass is 297 g/mol. The summed E-state index contributed by atoms with van der Waals surface area (Å²) >= 11 is 3.47. The van der Waals surface area contributed by atoms with Crippen LogP contribution < -0.4 is 10.6 Å². The highest BCUT2D eigenvalue weighted by Gasteiger charge is 2.14. The van der Waals surface area contributed by atoms with Gasteiger partial charge < -0.3 is 10.6 Å². The van der Waals surface area contributed by atoms with Gasteiger partial charge in [0.05, 0.1) is 5.56 Å². The topological polar surface area (TPSA) is 53.1 Å². The van der Waals surface area contributed by atoms with Gasteiger partial charge in [-0.3, -0.25) is 5.41 Å². The van der Waals surface area contributed by atoms with Gasteiger partial charge in [-0.25, -0.2) is 0 Å². The van der Waals surface area contributed by atoms with Gasteiger partial charge >= 0.3 is 0 Å². The van der Waals surface area contributed by atoms with Crippen LogP contribution >= 0.6 is 15.9 Å². The first-order chi connectivity index (χ1) is 8.11. The van der Waals surface area contributed by atoms with E-state index in [0.29, 0.717) is 0 Å². The molecule has 17 heavy (non-hydrogen) atoms. The number of nitrogens with one attached hydrogen (secondary N) is 1. The van der Waals surface area contributed by atoms with Gasteiger partial charge in [0.1, 0.15) is 5.84 Å². The van der Waals surface area contributed by atoms with Crippen LogP contribution in [0.5, 0.6) is 0 Å². The Hall–Kier alpha value is -1.03. The van der Waals surface area contributed by atoms with E-state index in [1.807, 2.05) is 18.2 Å². The molecule has 94 valence electrons. The van der Waals surface area contributed by atoms with Crippen molar-refractivity contribution in [3.63, 3.8) is 0 Å². The number of benzene rings is 1. The van der Waals surface area contributed by atoms with E-state index < -0.39 is 0 Å². The van der Waals surface area contributed by atoms with E-state index in [1.165, 1.54) is 0 Å². The molecule has 1 aromatic carbocycles. The van der Waals surface area contributed by atoms with Crippen LogP contribution in [0.25, 0.3) is 0 Å². The number of nitrogens with two attached hydrogens (primary N) is 1. The Morgan fingerprint density at radius 2 is 1.88 bits per heavy atom. The van der Waals surface area contributed by atoms with E-state index in [0.717, 1.165) is 41.7 Å². The first kappa shape index (κ1) is 14.0. The second-order valence-electron chi connectivity index (χ2n) is 4.03. The summed E-state index contributed by atoms with van der Waals surface area (Å²) in [5.41, 5.74) is 7.52. The van der Waals surface area contributed by atoms with Crippen LogP contribution in [0.1, 0.15) is 32.3 Å². The van der Waals surface area contributed by atoms with Crippen LogP contribution in [0.15, 0.2) is 22.7 Å². The molecule has 0 aliphatic carbocycles. The second kappa shape index (κ2) is 6.64. The Morgan fingerprint density at radius 3 is 2.35 bits per heavy atom. The third-order valence-electron chi connectivity index (χ3n) is 2.59. The molecule has 3 nitrogen and oxygen atoms in total. The number of halogens is 1. The van der Waals surface area contributed by atoms with Crippen molar-refractivity contribution in [3.8, 4) is 0 Å². The Balaban J connectivity index is 3.17. The zero-order valence-electron chi connectivity index (χ0n) is 10.5. The summed E-state index contributed by atoms with van der Waals surface area (Å²) < 4.78 is 0.889. The molecule has 0 amide bonds. The Labute approximate surface area is 112 Å². The number of rotatable bonds is 6. The number of hydrogen-bond donors (Lipinski definition) is 2. The molecule has 0 saturated heterocycles.